The molecule has 1 aliphatic rings. The molecule has 0 unspecified atom stereocenters. The van der Waals surface area contributed by atoms with Crippen molar-refractivity contribution in [3.8, 4) is 0 Å². The van der Waals surface area contributed by atoms with Gasteiger partial charge in [-0.1, -0.05) is 30.3 Å². The quantitative estimate of drug-likeness (QED) is 0.779. The van der Waals surface area contributed by atoms with Gasteiger partial charge < -0.3 is 14.6 Å². The van der Waals surface area contributed by atoms with Gasteiger partial charge in [0.2, 0.25) is 0 Å². The summed E-state index contributed by atoms with van der Waals surface area (Å²) in [5, 5.41) is 3.24. The van der Waals surface area contributed by atoms with Crippen LogP contribution in [0.4, 0.5) is 0 Å². The van der Waals surface area contributed by atoms with Crippen LogP contribution < -0.4 is 11.1 Å². The number of benzene rings is 2. The van der Waals surface area contributed by atoms with Crippen molar-refractivity contribution in [2.24, 2.45) is 0 Å². The van der Waals surface area contributed by atoms with E-state index in [2.05, 4.69) is 5.32 Å². The monoisotopic (exact) mass is 351 g/mol. The normalized spacial score (nSPS) is 14.7. The molecule has 0 aliphatic carbocycles. The van der Waals surface area contributed by atoms with Crippen molar-refractivity contribution in [1.82, 2.24) is 14.8 Å². The lowest BCUT2D eigenvalue weighted by atomic mass is 10.1. The van der Waals surface area contributed by atoms with Crippen molar-refractivity contribution in [3.63, 3.8) is 0 Å². The molecule has 6 heteroatoms. The van der Waals surface area contributed by atoms with Crippen molar-refractivity contribution in [1.29, 1.82) is 0 Å². The summed E-state index contributed by atoms with van der Waals surface area (Å²) in [4.78, 5) is 26.8. The van der Waals surface area contributed by atoms with Crippen LogP contribution in [0.5, 0.6) is 0 Å². The number of rotatable bonds is 4. The average Bonchev–Trinajstić information content (AvgIpc) is 3.01. The number of hydrogen-bond acceptors (Lipinski definition) is 4. The lowest BCUT2D eigenvalue weighted by molar-refractivity contribution is 0.0736. The molecule has 134 valence electrons. The summed E-state index contributed by atoms with van der Waals surface area (Å²) < 4.78 is 6.95. The third-order valence-electron chi connectivity index (χ3n) is 4.79. The van der Waals surface area contributed by atoms with Crippen LogP contribution in [0.3, 0.4) is 0 Å². The molecule has 3 aromatic rings. The number of amides is 1. The van der Waals surface area contributed by atoms with Crippen LogP contribution in [-0.4, -0.2) is 41.6 Å². The molecule has 0 bridgehead atoms. The van der Waals surface area contributed by atoms with Gasteiger partial charge >= 0.3 is 5.76 Å². The molecule has 1 saturated heterocycles. The molecular formula is C20H21N3O3. The molecule has 26 heavy (non-hydrogen) atoms. The SMILES string of the molecule is O=C(c1ccc2oc(=O)n(CCc3ccccc3)c2c1)N1CCNCC1. The molecule has 0 saturated carbocycles. The number of piperazine rings is 1. The van der Waals surface area contributed by atoms with Crippen LogP contribution in [-0.2, 0) is 13.0 Å². The highest BCUT2D eigenvalue weighted by Crippen LogP contribution is 2.17. The van der Waals surface area contributed by atoms with E-state index in [0.29, 0.717) is 36.3 Å². The van der Waals surface area contributed by atoms with Crippen molar-refractivity contribution < 1.29 is 9.21 Å². The molecule has 1 amide bonds. The number of fused-ring (bicyclic) bond motifs is 1. The summed E-state index contributed by atoms with van der Waals surface area (Å²) in [7, 11) is 0. The van der Waals surface area contributed by atoms with Gasteiger partial charge in [0, 0.05) is 38.3 Å². The van der Waals surface area contributed by atoms with Gasteiger partial charge in [0.1, 0.15) is 0 Å². The Morgan fingerprint density at radius 2 is 1.85 bits per heavy atom. The van der Waals surface area contributed by atoms with E-state index in [1.54, 1.807) is 22.8 Å². The van der Waals surface area contributed by atoms with Crippen molar-refractivity contribution in [2.45, 2.75) is 13.0 Å². The first-order valence-corrected chi connectivity index (χ1v) is 8.90. The number of carbonyl (C=O) groups excluding carboxylic acids is 1. The molecule has 2 heterocycles. The Balaban J connectivity index is 1.62. The minimum atomic E-state index is -0.386. The Kier molecular flexibility index (Phi) is 4.58. The summed E-state index contributed by atoms with van der Waals surface area (Å²) >= 11 is 0. The summed E-state index contributed by atoms with van der Waals surface area (Å²) in [6, 6.07) is 15.2. The fourth-order valence-corrected chi connectivity index (χ4v) is 3.34. The van der Waals surface area contributed by atoms with Crippen molar-refractivity contribution >= 4 is 17.0 Å². The van der Waals surface area contributed by atoms with Gasteiger partial charge in [0.05, 0.1) is 5.52 Å². The Hall–Kier alpha value is -2.86. The minimum absolute atomic E-state index is 0.00309. The third-order valence-corrected chi connectivity index (χ3v) is 4.79. The summed E-state index contributed by atoms with van der Waals surface area (Å²) in [6.45, 7) is 3.52. The first kappa shape index (κ1) is 16.6. The summed E-state index contributed by atoms with van der Waals surface area (Å²) in [5.74, 6) is -0.389. The van der Waals surface area contributed by atoms with Gasteiger partial charge in [-0.3, -0.25) is 9.36 Å². The number of aromatic nitrogens is 1. The van der Waals surface area contributed by atoms with E-state index >= 15 is 0 Å². The number of oxazole rings is 1. The van der Waals surface area contributed by atoms with E-state index < -0.39 is 0 Å². The Morgan fingerprint density at radius 1 is 1.08 bits per heavy atom. The molecule has 4 rings (SSSR count). The molecule has 0 radical (unpaired) electrons. The first-order valence-electron chi connectivity index (χ1n) is 8.90. The van der Waals surface area contributed by atoms with Gasteiger partial charge in [0.15, 0.2) is 5.58 Å². The fraction of sp³-hybridized carbons (Fsp3) is 0.300. The number of nitrogens with one attached hydrogen (secondary N) is 1. The zero-order valence-corrected chi connectivity index (χ0v) is 14.5. The molecular weight excluding hydrogens is 330 g/mol. The highest BCUT2D eigenvalue weighted by Gasteiger charge is 2.19. The van der Waals surface area contributed by atoms with Crippen molar-refractivity contribution in [3.05, 3.63) is 70.2 Å². The van der Waals surface area contributed by atoms with E-state index in [1.807, 2.05) is 35.2 Å². The largest absolute Gasteiger partial charge is 0.419 e. The zero-order chi connectivity index (χ0) is 17.9. The maximum absolute atomic E-state index is 12.7. The predicted molar refractivity (Wildman–Crippen MR) is 99.4 cm³/mol. The summed E-state index contributed by atoms with van der Waals surface area (Å²) in [6.07, 6.45) is 0.728. The number of aryl methyl sites for hydroxylation is 2. The maximum atomic E-state index is 12.7. The predicted octanol–water partition coefficient (Wildman–Crippen LogP) is 1.88. The van der Waals surface area contributed by atoms with Gasteiger partial charge in [-0.15, -0.1) is 0 Å². The number of nitrogens with zero attached hydrogens (tertiary/aromatic N) is 2. The van der Waals surface area contributed by atoms with Crippen LogP contribution in [0.2, 0.25) is 0 Å². The van der Waals surface area contributed by atoms with Gasteiger partial charge in [-0.25, -0.2) is 4.79 Å². The van der Waals surface area contributed by atoms with Crippen LogP contribution in [0.15, 0.2) is 57.7 Å². The molecule has 0 atom stereocenters. The van der Waals surface area contributed by atoms with Crippen LogP contribution in [0, 0.1) is 0 Å². The van der Waals surface area contributed by atoms with Crippen LogP contribution in [0.1, 0.15) is 15.9 Å². The van der Waals surface area contributed by atoms with Crippen LogP contribution >= 0.6 is 0 Å². The highest BCUT2D eigenvalue weighted by atomic mass is 16.4. The molecule has 1 aromatic heterocycles. The molecule has 2 aromatic carbocycles. The topological polar surface area (TPSA) is 67.5 Å². The van der Waals surface area contributed by atoms with Crippen LogP contribution in [0.25, 0.3) is 11.1 Å². The molecule has 6 nitrogen and oxygen atoms in total. The smallest absolute Gasteiger partial charge is 0.408 e. The zero-order valence-electron chi connectivity index (χ0n) is 14.5. The second-order valence-corrected chi connectivity index (χ2v) is 6.48. The van der Waals surface area contributed by atoms with Gasteiger partial charge in [0.25, 0.3) is 5.91 Å². The fourth-order valence-electron chi connectivity index (χ4n) is 3.34. The maximum Gasteiger partial charge on any atom is 0.419 e. The lowest BCUT2D eigenvalue weighted by Crippen LogP contribution is -2.46. The van der Waals surface area contributed by atoms with E-state index in [-0.39, 0.29) is 11.7 Å². The summed E-state index contributed by atoms with van der Waals surface area (Å²) in [5.41, 5.74) is 2.93. The molecule has 1 aliphatic heterocycles. The second-order valence-electron chi connectivity index (χ2n) is 6.48. The van der Waals surface area contributed by atoms with E-state index in [9.17, 15) is 9.59 Å². The highest BCUT2D eigenvalue weighted by molar-refractivity contribution is 5.97. The Morgan fingerprint density at radius 3 is 2.62 bits per heavy atom. The van der Waals surface area contributed by atoms with E-state index in [4.69, 9.17) is 4.42 Å². The standard InChI is InChI=1S/C20H21N3O3/c24-19(22-12-9-21-10-13-22)16-6-7-18-17(14-16)23(20(25)26-18)11-8-15-4-2-1-3-5-15/h1-7,14,21H,8-13H2. The second kappa shape index (κ2) is 7.17. The lowest BCUT2D eigenvalue weighted by Gasteiger charge is -2.27. The minimum Gasteiger partial charge on any atom is -0.408 e. The van der Waals surface area contributed by atoms with E-state index in [1.165, 1.54) is 0 Å². The first-order chi connectivity index (χ1) is 12.7. The van der Waals surface area contributed by atoms with Crippen molar-refractivity contribution in [2.75, 3.05) is 26.2 Å². The van der Waals surface area contributed by atoms with E-state index in [0.717, 1.165) is 25.1 Å². The van der Waals surface area contributed by atoms with Gasteiger partial charge in [-0.05, 0) is 30.2 Å². The molecule has 1 N–H and O–H groups in total. The third kappa shape index (κ3) is 3.28. The Bertz CT molecular complexity index is 969. The molecule has 0 spiro atoms. The molecule has 1 fully saturated rings. The average molecular weight is 351 g/mol. The number of hydrogen-bond donors (Lipinski definition) is 1. The number of carbonyl (C=O) groups is 1. The Labute approximate surface area is 151 Å². The van der Waals surface area contributed by atoms with Gasteiger partial charge in [-0.2, -0.15) is 0 Å².